The smallest absolute Gasteiger partial charge is 0.280 e. The molecule has 0 fully saturated rings. The molecule has 2 aromatic rings. The minimum absolute atomic E-state index is 0.141. The first-order valence-electron chi connectivity index (χ1n) is 7.23. The predicted octanol–water partition coefficient (Wildman–Crippen LogP) is 5.19. The van der Waals surface area contributed by atoms with E-state index in [0.717, 1.165) is 11.8 Å². The number of aryl methyl sites for hydroxylation is 1. The number of alkyl halides is 3. The van der Waals surface area contributed by atoms with Gasteiger partial charge < -0.3 is 0 Å². The molecule has 6 heteroatoms. The Bertz CT molecular complexity index is 749. The van der Waals surface area contributed by atoms with Crippen LogP contribution in [0.2, 0.25) is 5.02 Å². The summed E-state index contributed by atoms with van der Waals surface area (Å²) in [7, 11) is 0. The van der Waals surface area contributed by atoms with E-state index in [1.165, 1.54) is 18.2 Å². The molecule has 0 aromatic heterocycles. The fourth-order valence-electron chi connectivity index (χ4n) is 2.14. The number of rotatable bonds is 5. The molecule has 0 aliphatic heterocycles. The highest BCUT2D eigenvalue weighted by molar-refractivity contribution is 6.33. The first kappa shape index (κ1) is 18.0. The second-order valence-electron chi connectivity index (χ2n) is 5.21. The Kier molecular flexibility index (Phi) is 5.99. The van der Waals surface area contributed by atoms with Gasteiger partial charge in [-0.1, -0.05) is 48.0 Å². The molecular formula is C18H14ClF3N2. The van der Waals surface area contributed by atoms with E-state index in [4.69, 9.17) is 16.9 Å². The molecule has 24 heavy (non-hydrogen) atoms. The summed E-state index contributed by atoms with van der Waals surface area (Å²) in [5.74, 6) is 0. The van der Waals surface area contributed by atoms with E-state index in [0.29, 0.717) is 11.1 Å². The quantitative estimate of drug-likeness (QED) is 0.683. The van der Waals surface area contributed by atoms with Crippen LogP contribution in [-0.4, -0.2) is 18.4 Å². The zero-order valence-corrected chi connectivity index (χ0v) is 13.3. The molecule has 2 rings (SSSR count). The third kappa shape index (κ3) is 5.10. The van der Waals surface area contributed by atoms with Crippen LogP contribution in [0.15, 0.2) is 53.5 Å². The van der Waals surface area contributed by atoms with E-state index in [1.807, 2.05) is 12.1 Å². The highest BCUT2D eigenvalue weighted by Crippen LogP contribution is 2.27. The van der Waals surface area contributed by atoms with E-state index in [1.54, 1.807) is 24.3 Å². The summed E-state index contributed by atoms with van der Waals surface area (Å²) in [6.45, 7) is 0. The first-order valence-corrected chi connectivity index (χ1v) is 7.61. The molecule has 0 aliphatic rings. The van der Waals surface area contributed by atoms with E-state index in [-0.39, 0.29) is 17.9 Å². The van der Waals surface area contributed by atoms with Crippen molar-refractivity contribution in [1.29, 1.82) is 5.26 Å². The maximum Gasteiger partial charge on any atom is 0.410 e. The number of halogens is 4. The van der Waals surface area contributed by atoms with Crippen LogP contribution in [-0.2, 0) is 6.42 Å². The van der Waals surface area contributed by atoms with Crippen LogP contribution in [0.4, 0.5) is 13.2 Å². The van der Waals surface area contributed by atoms with Crippen molar-refractivity contribution in [3.05, 3.63) is 70.2 Å². The molecule has 1 unspecified atom stereocenters. The molecule has 0 radical (unpaired) electrons. The van der Waals surface area contributed by atoms with Crippen LogP contribution < -0.4 is 0 Å². The monoisotopic (exact) mass is 350 g/mol. The van der Waals surface area contributed by atoms with Gasteiger partial charge in [0, 0.05) is 11.8 Å². The van der Waals surface area contributed by atoms with E-state index < -0.39 is 12.2 Å². The molecule has 2 nitrogen and oxygen atoms in total. The summed E-state index contributed by atoms with van der Waals surface area (Å²) < 4.78 is 39.5. The zero-order valence-electron chi connectivity index (χ0n) is 12.6. The molecule has 1 atom stereocenters. The van der Waals surface area contributed by atoms with Crippen LogP contribution in [0.5, 0.6) is 0 Å². The van der Waals surface area contributed by atoms with Crippen molar-refractivity contribution in [2.75, 3.05) is 0 Å². The van der Waals surface area contributed by atoms with Crippen molar-refractivity contribution < 1.29 is 13.2 Å². The number of benzene rings is 2. The van der Waals surface area contributed by atoms with Gasteiger partial charge in [-0.15, -0.1) is 0 Å². The predicted molar refractivity (Wildman–Crippen MR) is 88.4 cm³/mol. The van der Waals surface area contributed by atoms with Gasteiger partial charge in [0.25, 0.3) is 0 Å². The van der Waals surface area contributed by atoms with Crippen LogP contribution >= 0.6 is 11.6 Å². The van der Waals surface area contributed by atoms with Gasteiger partial charge in [0.05, 0.1) is 16.7 Å². The molecule has 0 amide bonds. The lowest BCUT2D eigenvalue weighted by molar-refractivity contribution is -0.147. The molecule has 2 aromatic carbocycles. The third-order valence-electron chi connectivity index (χ3n) is 3.45. The van der Waals surface area contributed by atoms with Gasteiger partial charge >= 0.3 is 6.18 Å². The summed E-state index contributed by atoms with van der Waals surface area (Å²) in [6, 6.07) is 13.4. The highest BCUT2D eigenvalue weighted by atomic mass is 35.5. The highest BCUT2D eigenvalue weighted by Gasteiger charge is 2.38. The third-order valence-corrected chi connectivity index (χ3v) is 3.78. The topological polar surface area (TPSA) is 36.1 Å². The second kappa shape index (κ2) is 7.98. The number of aliphatic imine (C=N–C) groups is 1. The summed E-state index contributed by atoms with van der Waals surface area (Å²) in [5.41, 5.74) is 1.52. The molecular weight excluding hydrogens is 337 g/mol. The van der Waals surface area contributed by atoms with Gasteiger partial charge in [0.2, 0.25) is 0 Å². The molecule has 0 N–H and O–H groups in total. The normalized spacial score (nSPS) is 13.0. The van der Waals surface area contributed by atoms with Crippen LogP contribution in [0, 0.1) is 11.3 Å². The molecule has 0 spiro atoms. The molecule has 0 saturated carbocycles. The number of hydrogen-bond acceptors (Lipinski definition) is 2. The summed E-state index contributed by atoms with van der Waals surface area (Å²) in [6.07, 6.45) is -3.17. The fraction of sp³-hybridized carbons (Fsp3) is 0.222. The van der Waals surface area contributed by atoms with Crippen LogP contribution in [0.25, 0.3) is 0 Å². The van der Waals surface area contributed by atoms with Crippen molar-refractivity contribution >= 4 is 17.8 Å². The van der Waals surface area contributed by atoms with E-state index >= 15 is 0 Å². The largest absolute Gasteiger partial charge is 0.410 e. The van der Waals surface area contributed by atoms with Crippen molar-refractivity contribution in [3.8, 4) is 6.07 Å². The maximum absolute atomic E-state index is 13.2. The van der Waals surface area contributed by atoms with Gasteiger partial charge in [-0.05, 0) is 30.5 Å². The average molecular weight is 351 g/mol. The van der Waals surface area contributed by atoms with Gasteiger partial charge in [0.1, 0.15) is 6.04 Å². The molecule has 0 bridgehead atoms. The number of hydrogen-bond donors (Lipinski definition) is 0. The Morgan fingerprint density at radius 3 is 2.46 bits per heavy atom. The summed E-state index contributed by atoms with van der Waals surface area (Å²) >= 11 is 5.96. The Labute approximate surface area is 143 Å². The lowest BCUT2D eigenvalue weighted by Crippen LogP contribution is -2.27. The zero-order chi connectivity index (χ0) is 17.6. The lowest BCUT2D eigenvalue weighted by Gasteiger charge is -2.16. The van der Waals surface area contributed by atoms with Gasteiger partial charge in [-0.2, -0.15) is 18.4 Å². The first-order chi connectivity index (χ1) is 11.4. The minimum Gasteiger partial charge on any atom is -0.280 e. The number of nitrogens with zero attached hydrogens (tertiary/aromatic N) is 2. The van der Waals surface area contributed by atoms with Crippen molar-refractivity contribution in [2.45, 2.75) is 25.1 Å². The fourth-order valence-corrected chi connectivity index (χ4v) is 2.37. The number of nitriles is 1. The van der Waals surface area contributed by atoms with Crippen molar-refractivity contribution in [1.82, 2.24) is 0 Å². The van der Waals surface area contributed by atoms with Crippen LogP contribution in [0.3, 0.4) is 0 Å². The van der Waals surface area contributed by atoms with Gasteiger partial charge in [-0.25, -0.2) is 0 Å². The van der Waals surface area contributed by atoms with E-state index in [2.05, 4.69) is 4.99 Å². The Morgan fingerprint density at radius 1 is 1.17 bits per heavy atom. The molecule has 124 valence electrons. The maximum atomic E-state index is 13.2. The van der Waals surface area contributed by atoms with E-state index in [9.17, 15) is 13.2 Å². The standard InChI is InChI=1S/C18H14ClF3N2/c19-16-10-14(11-23)6-8-15(16)12-24-17(18(20,21)22)9-7-13-4-2-1-3-5-13/h1-6,8,10,12,17H,7,9H2. The SMILES string of the molecule is N#Cc1ccc(C=NC(CCc2ccccc2)C(F)(F)F)c(Cl)c1. The Morgan fingerprint density at radius 2 is 1.88 bits per heavy atom. The van der Waals surface area contributed by atoms with Crippen molar-refractivity contribution in [3.63, 3.8) is 0 Å². The Balaban J connectivity index is 2.13. The van der Waals surface area contributed by atoms with Gasteiger partial charge in [-0.3, -0.25) is 4.99 Å². The minimum atomic E-state index is -4.43. The summed E-state index contributed by atoms with van der Waals surface area (Å²) in [5, 5.41) is 8.96. The lowest BCUT2D eigenvalue weighted by atomic mass is 10.1. The summed E-state index contributed by atoms with van der Waals surface area (Å²) in [4.78, 5) is 3.68. The average Bonchev–Trinajstić information content (AvgIpc) is 2.55. The molecule has 0 aliphatic carbocycles. The van der Waals surface area contributed by atoms with Crippen molar-refractivity contribution in [2.24, 2.45) is 4.99 Å². The molecule has 0 saturated heterocycles. The van der Waals surface area contributed by atoms with Crippen LogP contribution in [0.1, 0.15) is 23.1 Å². The Hall–Kier alpha value is -2.32. The molecule has 0 heterocycles. The van der Waals surface area contributed by atoms with Gasteiger partial charge in [0.15, 0.2) is 0 Å². The second-order valence-corrected chi connectivity index (χ2v) is 5.62.